The first-order valence-corrected chi connectivity index (χ1v) is 15.1. The van der Waals surface area contributed by atoms with Crippen molar-refractivity contribution >= 4 is 28.8 Å². The molecular formula is C34H32FN7O3. The molecular weight excluding hydrogens is 573 g/mol. The van der Waals surface area contributed by atoms with Crippen LogP contribution in [0.25, 0.3) is 27.7 Å². The second-order valence-electron chi connectivity index (χ2n) is 11.1. The van der Waals surface area contributed by atoms with Crippen LogP contribution >= 0.6 is 0 Å². The van der Waals surface area contributed by atoms with Crippen LogP contribution in [0.2, 0.25) is 0 Å². The maximum absolute atomic E-state index is 15.8. The number of anilines is 1. The molecule has 7 rings (SSSR count). The van der Waals surface area contributed by atoms with Gasteiger partial charge in [0.05, 0.1) is 30.3 Å². The molecule has 45 heavy (non-hydrogen) atoms. The number of benzene rings is 3. The average molecular weight is 606 g/mol. The number of hydrogen-bond acceptors (Lipinski definition) is 7. The Morgan fingerprint density at radius 2 is 1.89 bits per heavy atom. The molecule has 0 atom stereocenters. The average Bonchev–Trinajstić information content (AvgIpc) is 3.79. The largest absolute Gasteiger partial charge is 0.451 e. The first kappa shape index (κ1) is 28.3. The van der Waals surface area contributed by atoms with Crippen LogP contribution in [0.4, 0.5) is 10.1 Å². The normalized spacial score (nSPS) is 13.1. The summed E-state index contributed by atoms with van der Waals surface area (Å²) in [4.78, 5) is 37.5. The summed E-state index contributed by atoms with van der Waals surface area (Å²) in [7, 11) is 0. The summed E-state index contributed by atoms with van der Waals surface area (Å²) in [6.07, 6.45) is 10.1. The van der Waals surface area contributed by atoms with Crippen molar-refractivity contribution in [3.63, 3.8) is 0 Å². The van der Waals surface area contributed by atoms with Gasteiger partial charge in [0, 0.05) is 51.3 Å². The maximum atomic E-state index is 15.8. The van der Waals surface area contributed by atoms with E-state index in [2.05, 4.69) is 25.5 Å². The van der Waals surface area contributed by atoms with Gasteiger partial charge in [-0.1, -0.05) is 36.4 Å². The number of halogens is 1. The van der Waals surface area contributed by atoms with Crippen LogP contribution in [-0.4, -0.2) is 64.0 Å². The molecule has 4 heterocycles. The number of carbonyl (C=O) groups excluding carboxylic acids is 1. The lowest BCUT2D eigenvalue weighted by Crippen LogP contribution is -2.32. The summed E-state index contributed by atoms with van der Waals surface area (Å²) < 4.78 is 25.8. The van der Waals surface area contributed by atoms with Crippen molar-refractivity contribution < 1.29 is 13.9 Å². The van der Waals surface area contributed by atoms with Crippen LogP contribution in [0.15, 0.2) is 89.3 Å². The summed E-state index contributed by atoms with van der Waals surface area (Å²) in [5, 5.41) is 6.14. The number of ether oxygens (including phenoxy) is 1. The predicted octanol–water partition coefficient (Wildman–Crippen LogP) is 5.07. The van der Waals surface area contributed by atoms with Crippen molar-refractivity contribution in [2.75, 3.05) is 38.0 Å². The van der Waals surface area contributed by atoms with Crippen molar-refractivity contribution in [2.24, 2.45) is 4.99 Å². The summed E-state index contributed by atoms with van der Waals surface area (Å²) in [6.45, 7) is 3.96. The Labute approximate surface area is 258 Å². The standard InChI is InChI=1S/C34H32FN7O3/c35-27-19-25-31-33(30(27)38-10-4-14-40-16-12-36-21-40)45-29-9-8-24(23-6-2-1-3-7-23)18-28(29)42(31)20-26(32(25)43)34(44)39-11-5-15-41-17-13-37-22-41/h1-3,6-9,12,16,18-22,38H,4-5,10-11,13-15,17H2,(H,39,44). The van der Waals surface area contributed by atoms with Gasteiger partial charge < -0.3 is 29.4 Å². The van der Waals surface area contributed by atoms with E-state index < -0.39 is 17.2 Å². The Bertz CT molecular complexity index is 1960. The van der Waals surface area contributed by atoms with Crippen molar-refractivity contribution in [1.29, 1.82) is 0 Å². The molecule has 0 radical (unpaired) electrons. The lowest BCUT2D eigenvalue weighted by atomic mass is 10.0. The fourth-order valence-electron chi connectivity index (χ4n) is 5.81. The van der Waals surface area contributed by atoms with E-state index in [1.807, 2.05) is 65.6 Å². The van der Waals surface area contributed by atoms with E-state index in [0.29, 0.717) is 49.4 Å². The topological polar surface area (TPSA) is 106 Å². The van der Waals surface area contributed by atoms with Gasteiger partial charge in [0.15, 0.2) is 17.3 Å². The van der Waals surface area contributed by atoms with Gasteiger partial charge in [-0.05, 0) is 42.2 Å². The zero-order valence-corrected chi connectivity index (χ0v) is 24.6. The van der Waals surface area contributed by atoms with Crippen LogP contribution < -0.4 is 20.8 Å². The van der Waals surface area contributed by atoms with Crippen molar-refractivity contribution in [3.8, 4) is 28.3 Å². The Hall–Kier alpha value is -5.45. The highest BCUT2D eigenvalue weighted by Crippen LogP contribution is 2.46. The first-order valence-electron chi connectivity index (χ1n) is 15.1. The summed E-state index contributed by atoms with van der Waals surface area (Å²) in [5.41, 5.74) is 2.54. The van der Waals surface area contributed by atoms with E-state index in [1.54, 1.807) is 23.3 Å². The number of nitrogens with one attached hydrogen (secondary N) is 2. The van der Waals surface area contributed by atoms with Crippen LogP contribution in [0.3, 0.4) is 0 Å². The van der Waals surface area contributed by atoms with Crippen molar-refractivity contribution in [2.45, 2.75) is 19.4 Å². The highest BCUT2D eigenvalue weighted by Gasteiger charge is 2.28. The summed E-state index contributed by atoms with van der Waals surface area (Å²) in [6, 6.07) is 16.8. The number of imidazole rings is 1. The molecule has 0 aliphatic carbocycles. The minimum atomic E-state index is -0.627. The Balaban J connectivity index is 1.26. The third kappa shape index (κ3) is 5.64. The molecule has 228 valence electrons. The van der Waals surface area contributed by atoms with Crippen molar-refractivity contribution in [3.05, 3.63) is 101 Å². The third-order valence-corrected chi connectivity index (χ3v) is 8.10. The van der Waals surface area contributed by atoms with Gasteiger partial charge in [-0.3, -0.25) is 14.6 Å². The van der Waals surface area contributed by atoms with Crippen LogP contribution in [0, 0.1) is 5.82 Å². The molecule has 0 unspecified atom stereocenters. The number of carbonyl (C=O) groups is 1. The summed E-state index contributed by atoms with van der Waals surface area (Å²) in [5.74, 6) is -0.434. The van der Waals surface area contributed by atoms with E-state index in [0.717, 1.165) is 30.8 Å². The van der Waals surface area contributed by atoms with E-state index >= 15 is 4.39 Å². The lowest BCUT2D eigenvalue weighted by molar-refractivity contribution is 0.0951. The molecule has 5 aromatic rings. The molecule has 2 aliphatic rings. The smallest absolute Gasteiger partial charge is 0.256 e. The molecule has 1 amide bonds. The number of hydrogen-bond donors (Lipinski definition) is 2. The van der Waals surface area contributed by atoms with Crippen LogP contribution in [-0.2, 0) is 6.54 Å². The number of fused-ring (bicyclic) bond motifs is 2. The van der Waals surface area contributed by atoms with Crippen LogP contribution in [0.1, 0.15) is 23.2 Å². The SMILES string of the molecule is O=C(NCCCN1C=NCC1)c1cn2c3c(c(NCCCn4ccnc4)c(F)cc3c1=O)Oc1ccc(-c3ccccc3)cc1-2. The van der Waals surface area contributed by atoms with E-state index in [4.69, 9.17) is 4.74 Å². The fourth-order valence-corrected chi connectivity index (χ4v) is 5.81. The fraction of sp³-hybridized carbons (Fsp3) is 0.235. The molecule has 2 N–H and O–H groups in total. The second kappa shape index (κ2) is 12.3. The quantitative estimate of drug-likeness (QED) is 0.200. The molecule has 0 saturated carbocycles. The van der Waals surface area contributed by atoms with Crippen LogP contribution in [0.5, 0.6) is 11.5 Å². The van der Waals surface area contributed by atoms with E-state index in [9.17, 15) is 9.59 Å². The number of nitrogens with zero attached hydrogens (tertiary/aromatic N) is 5. The zero-order chi connectivity index (χ0) is 30.8. The molecule has 11 heteroatoms. The minimum absolute atomic E-state index is 0.0606. The van der Waals surface area contributed by atoms with Crippen molar-refractivity contribution in [1.82, 2.24) is 24.3 Å². The maximum Gasteiger partial charge on any atom is 0.256 e. The van der Waals surface area contributed by atoms with Gasteiger partial charge in [-0.25, -0.2) is 9.37 Å². The molecule has 2 aromatic heterocycles. The highest BCUT2D eigenvalue weighted by molar-refractivity contribution is 6.01. The predicted molar refractivity (Wildman–Crippen MR) is 172 cm³/mol. The molecule has 0 saturated heterocycles. The summed E-state index contributed by atoms with van der Waals surface area (Å²) >= 11 is 0. The number of amides is 1. The Morgan fingerprint density at radius 3 is 2.69 bits per heavy atom. The molecule has 10 nitrogen and oxygen atoms in total. The molecule has 2 aliphatic heterocycles. The molecule has 3 aromatic carbocycles. The molecule has 0 spiro atoms. The number of pyridine rings is 1. The second-order valence-corrected chi connectivity index (χ2v) is 11.1. The Kier molecular flexibility index (Phi) is 7.73. The lowest BCUT2D eigenvalue weighted by Gasteiger charge is -2.27. The van der Waals surface area contributed by atoms with Gasteiger partial charge in [0.1, 0.15) is 16.8 Å². The minimum Gasteiger partial charge on any atom is -0.451 e. The number of aryl methyl sites for hydroxylation is 1. The van der Waals surface area contributed by atoms with Gasteiger partial charge in [0.25, 0.3) is 5.91 Å². The number of aliphatic imine (C=N–C) groups is 1. The van der Waals surface area contributed by atoms with Gasteiger partial charge >= 0.3 is 0 Å². The number of aromatic nitrogens is 3. The molecule has 0 fully saturated rings. The highest BCUT2D eigenvalue weighted by atomic mass is 19.1. The third-order valence-electron chi connectivity index (χ3n) is 8.10. The Morgan fingerprint density at radius 1 is 1.02 bits per heavy atom. The van der Waals surface area contributed by atoms with E-state index in [-0.39, 0.29) is 22.4 Å². The monoisotopic (exact) mass is 605 g/mol. The number of rotatable bonds is 11. The van der Waals surface area contributed by atoms with Gasteiger partial charge in [-0.15, -0.1) is 0 Å². The molecule has 0 bridgehead atoms. The van der Waals surface area contributed by atoms with E-state index in [1.165, 1.54) is 6.07 Å². The van der Waals surface area contributed by atoms with Gasteiger partial charge in [-0.2, -0.15) is 0 Å². The van der Waals surface area contributed by atoms with Gasteiger partial charge in [0.2, 0.25) is 5.43 Å². The first-order chi connectivity index (χ1) is 22.1. The zero-order valence-electron chi connectivity index (χ0n) is 24.6.